The maximum atomic E-state index is 12.3. The van der Waals surface area contributed by atoms with Crippen molar-refractivity contribution in [2.45, 2.75) is 24.4 Å². The van der Waals surface area contributed by atoms with Crippen LogP contribution in [-0.2, 0) is 15.7 Å². The van der Waals surface area contributed by atoms with Crippen molar-refractivity contribution in [2.75, 3.05) is 68.6 Å². The van der Waals surface area contributed by atoms with Gasteiger partial charge in [-0.15, -0.1) is 0 Å². The smallest absolute Gasteiger partial charge is 0.113 e. The molecule has 4 aromatic rings. The lowest BCUT2D eigenvalue weighted by Crippen LogP contribution is -2.61. The van der Waals surface area contributed by atoms with E-state index in [2.05, 4.69) is 49.2 Å². The van der Waals surface area contributed by atoms with Gasteiger partial charge in [-0.05, 0) is 28.7 Å². The molecule has 4 rings (SSSR count). The molecule has 0 unspecified atom stereocenters. The lowest BCUT2D eigenvalue weighted by molar-refractivity contribution is -0.870. The molecule has 0 fully saturated rings. The van der Waals surface area contributed by atoms with Gasteiger partial charge >= 0.3 is 0 Å². The van der Waals surface area contributed by atoms with Gasteiger partial charge in [-0.2, -0.15) is 0 Å². The quantitative estimate of drug-likeness (QED) is 0.185. The third-order valence-electron chi connectivity index (χ3n) is 7.84. The van der Waals surface area contributed by atoms with E-state index in [-0.39, 0.29) is 13.2 Å². The Balaban J connectivity index is 0.000000440. The summed E-state index contributed by atoms with van der Waals surface area (Å²) in [4.78, 5) is 0. The van der Waals surface area contributed by atoms with E-state index < -0.39 is 18.3 Å². The number of quaternary nitrogens is 2. The van der Waals surface area contributed by atoms with E-state index in [0.717, 1.165) is 44.3 Å². The molecule has 248 valence electrons. The van der Waals surface area contributed by atoms with E-state index in [9.17, 15) is 10.0 Å². The molecule has 0 aliphatic carbocycles. The summed E-state index contributed by atoms with van der Waals surface area (Å²) in [5.41, 5.74) is 1.28. The maximum absolute atomic E-state index is 12.3. The highest BCUT2D eigenvalue weighted by molar-refractivity contribution is 6.28. The average Bonchev–Trinajstić information content (AvgIpc) is 3.02. The van der Waals surface area contributed by atoms with Gasteiger partial charge < -0.3 is 33.9 Å². The zero-order chi connectivity index (χ0) is 34.3. The molecule has 2 N–H and O–H groups in total. The van der Waals surface area contributed by atoms with Crippen LogP contribution in [0.4, 0.5) is 0 Å². The van der Waals surface area contributed by atoms with Crippen LogP contribution in [0.5, 0.6) is 0 Å². The molecule has 8 heteroatoms. The number of hydrogen-bond donors (Lipinski definition) is 2. The van der Waals surface area contributed by atoms with Crippen molar-refractivity contribution in [3.63, 3.8) is 0 Å². The van der Waals surface area contributed by atoms with Crippen molar-refractivity contribution in [3.8, 4) is 0 Å². The van der Waals surface area contributed by atoms with Crippen LogP contribution < -0.4 is 10.0 Å². The molecule has 7 nitrogen and oxygen atoms in total. The number of nitrogens with zero attached hydrogens (tertiary/aromatic N) is 2. The van der Waals surface area contributed by atoms with Crippen LogP contribution in [0.1, 0.15) is 35.6 Å². The molecule has 0 saturated heterocycles. The van der Waals surface area contributed by atoms with Crippen LogP contribution in [0.25, 0.3) is 0 Å². The van der Waals surface area contributed by atoms with E-state index >= 15 is 0 Å². The molecule has 0 aromatic heterocycles. The highest BCUT2D eigenvalue weighted by Gasteiger charge is 2.54. The van der Waals surface area contributed by atoms with Gasteiger partial charge in [0.2, 0.25) is 0 Å². The van der Waals surface area contributed by atoms with Crippen LogP contribution in [-0.4, -0.2) is 95.1 Å². The molecule has 46 heavy (non-hydrogen) atoms. The van der Waals surface area contributed by atoms with Gasteiger partial charge in [0.15, 0.2) is 0 Å². The molecule has 4 aromatic carbocycles. The molecule has 0 aliphatic rings. The van der Waals surface area contributed by atoms with Crippen molar-refractivity contribution < 1.29 is 33.9 Å². The molecule has 0 heterocycles. The Morgan fingerprint density at radius 1 is 0.543 bits per heavy atom. The summed E-state index contributed by atoms with van der Waals surface area (Å²) in [5, 5.41) is 41.4. The normalized spacial score (nSPS) is 11.9. The summed E-state index contributed by atoms with van der Waals surface area (Å²) in [6, 6.07) is 39.3. The second-order valence-corrected chi connectivity index (χ2v) is 13.3. The minimum atomic E-state index is -2.48. The Bertz CT molecular complexity index is 1270. The standard InChI is InChI=1S/C28H25BO3.2C5H14NO/c1-2-27(23-15-7-3-8-16-23,24-17-9-4-10-18-24)28(32-29(30)31,25-19-11-5-12-20-25)26-21-13-6-14-22-26;2*1-6(2,3)4-5-7/h3-22H,2H2,1H3;2*7H,4-5H2,1-3H3/q-2;2*+1. The lowest BCUT2D eigenvalue weighted by Gasteiger charge is -2.56. The highest BCUT2D eigenvalue weighted by atomic mass is 16.6. The maximum Gasteiger partial charge on any atom is 0.113 e. The first-order chi connectivity index (χ1) is 21.8. The van der Waals surface area contributed by atoms with Crippen LogP contribution in [0.2, 0.25) is 0 Å². The molecular weight excluding hydrogens is 575 g/mol. The topological polar surface area (TPSA) is 95.8 Å². The second-order valence-electron chi connectivity index (χ2n) is 13.3. The van der Waals surface area contributed by atoms with E-state index in [0.29, 0.717) is 6.42 Å². The molecule has 0 aliphatic heterocycles. The molecule has 0 atom stereocenters. The van der Waals surface area contributed by atoms with Gasteiger partial charge in [-0.25, -0.2) is 0 Å². The first-order valence-corrected chi connectivity index (χ1v) is 15.8. The lowest BCUT2D eigenvalue weighted by atomic mass is 9.56. The number of aliphatic hydroxyl groups excluding tert-OH is 2. The van der Waals surface area contributed by atoms with Crippen molar-refractivity contribution in [2.24, 2.45) is 0 Å². The van der Waals surface area contributed by atoms with E-state index in [1.54, 1.807) is 0 Å². The van der Waals surface area contributed by atoms with E-state index in [4.69, 9.17) is 14.9 Å². The highest BCUT2D eigenvalue weighted by Crippen LogP contribution is 2.55. The minimum Gasteiger partial charge on any atom is -0.871 e. The summed E-state index contributed by atoms with van der Waals surface area (Å²) in [6.45, 7) is 4.31. The molecule has 0 bridgehead atoms. The van der Waals surface area contributed by atoms with E-state index in [1.807, 2.05) is 121 Å². The first-order valence-electron chi connectivity index (χ1n) is 15.8. The molecule has 0 spiro atoms. The van der Waals surface area contributed by atoms with Gasteiger partial charge in [-0.3, -0.25) is 0 Å². The average molecular weight is 629 g/mol. The summed E-state index contributed by atoms with van der Waals surface area (Å²) < 4.78 is 7.75. The monoisotopic (exact) mass is 628 g/mol. The summed E-state index contributed by atoms with van der Waals surface area (Å²) >= 11 is 0. The molecule has 0 radical (unpaired) electrons. The van der Waals surface area contributed by atoms with Gasteiger partial charge in [0.25, 0.3) is 0 Å². The fraction of sp³-hybridized carbons (Fsp3) is 0.368. The number of likely N-dealkylation sites (N-methyl/N-ethyl adjacent to an activating group) is 2. The van der Waals surface area contributed by atoms with Crippen LogP contribution >= 0.6 is 0 Å². The van der Waals surface area contributed by atoms with Gasteiger partial charge in [-0.1, -0.05) is 128 Å². The van der Waals surface area contributed by atoms with Crippen molar-refractivity contribution in [1.82, 2.24) is 0 Å². The van der Waals surface area contributed by atoms with Crippen LogP contribution in [0, 0.1) is 0 Å². The van der Waals surface area contributed by atoms with Gasteiger partial charge in [0.1, 0.15) is 18.7 Å². The summed E-state index contributed by atoms with van der Waals surface area (Å²) in [6.07, 6.45) is 0.595. The Kier molecular flexibility index (Phi) is 15.3. The van der Waals surface area contributed by atoms with Crippen LogP contribution in [0.15, 0.2) is 121 Å². The number of aliphatic hydroxyl groups is 2. The zero-order valence-corrected chi connectivity index (χ0v) is 28.7. The third kappa shape index (κ3) is 10.6. The van der Waals surface area contributed by atoms with Crippen molar-refractivity contribution in [1.29, 1.82) is 0 Å². The SMILES string of the molecule is CCC(c1ccccc1)(c1ccccc1)C(OB([O-])[O-])(c1ccccc1)c1ccccc1.C[N+](C)(C)CCO.C[N+](C)(C)CCO. The van der Waals surface area contributed by atoms with Crippen molar-refractivity contribution >= 4 is 7.32 Å². The summed E-state index contributed by atoms with van der Waals surface area (Å²) in [5.74, 6) is 0. The van der Waals surface area contributed by atoms with Crippen molar-refractivity contribution in [3.05, 3.63) is 144 Å². The third-order valence-corrected chi connectivity index (χ3v) is 7.84. The Morgan fingerprint density at radius 3 is 1.02 bits per heavy atom. The fourth-order valence-corrected chi connectivity index (χ4v) is 5.66. The zero-order valence-electron chi connectivity index (χ0n) is 28.7. The number of hydrogen-bond acceptors (Lipinski definition) is 5. The molecule has 0 amide bonds. The predicted octanol–water partition coefficient (Wildman–Crippen LogP) is 3.42. The first kappa shape index (κ1) is 38.8. The molecule has 0 saturated carbocycles. The number of rotatable bonds is 12. The second kappa shape index (κ2) is 18.1. The summed E-state index contributed by atoms with van der Waals surface area (Å²) in [7, 11) is 9.83. The van der Waals surface area contributed by atoms with E-state index in [1.165, 1.54) is 0 Å². The van der Waals surface area contributed by atoms with Crippen LogP contribution in [0.3, 0.4) is 0 Å². The largest absolute Gasteiger partial charge is 0.871 e. The number of benzene rings is 4. The fourth-order valence-electron chi connectivity index (χ4n) is 5.66. The predicted molar refractivity (Wildman–Crippen MR) is 184 cm³/mol. The van der Waals surface area contributed by atoms with Gasteiger partial charge in [0.05, 0.1) is 68.2 Å². The Morgan fingerprint density at radius 2 is 0.826 bits per heavy atom. The van der Waals surface area contributed by atoms with Gasteiger partial charge in [0, 0.05) is 0 Å². The Hall–Kier alpha value is -3.34. The molecular formula is C38H53BN2O5. The Labute approximate surface area is 277 Å². The minimum absolute atomic E-state index is 0.281.